The normalized spacial score (nSPS) is 11.3. The van der Waals surface area contributed by atoms with Gasteiger partial charge in [0.25, 0.3) is 0 Å². The minimum atomic E-state index is 0.510. The molecule has 0 N–H and O–H groups in total. The second-order valence-electron chi connectivity index (χ2n) is 3.84. The Bertz CT molecular complexity index is 649. The van der Waals surface area contributed by atoms with E-state index in [2.05, 4.69) is 12.1 Å². The SMILES string of the molecule is Clc1[c]cc(Cl)c2cc3c(Cl)[c]cc(Cl)c3cc12. The van der Waals surface area contributed by atoms with Crippen molar-refractivity contribution < 1.29 is 0 Å². The molecule has 88 valence electrons. The van der Waals surface area contributed by atoms with E-state index in [9.17, 15) is 0 Å². The molecule has 3 rings (SSSR count). The fraction of sp³-hybridized carbons (Fsp3) is 0. The molecule has 0 aliphatic rings. The molecule has 18 heavy (non-hydrogen) atoms. The van der Waals surface area contributed by atoms with E-state index in [-0.39, 0.29) is 0 Å². The minimum absolute atomic E-state index is 0.510. The lowest BCUT2D eigenvalue weighted by Crippen LogP contribution is -1.82. The van der Waals surface area contributed by atoms with Gasteiger partial charge in [-0.2, -0.15) is 0 Å². The molecular formula is C14H4Cl4. The smallest absolute Gasteiger partial charge is 0.0564 e. The van der Waals surface area contributed by atoms with Crippen LogP contribution in [0.25, 0.3) is 21.5 Å². The zero-order valence-electron chi connectivity index (χ0n) is 8.82. The highest BCUT2D eigenvalue weighted by Gasteiger charge is 2.10. The van der Waals surface area contributed by atoms with E-state index in [4.69, 9.17) is 46.4 Å². The van der Waals surface area contributed by atoms with Crippen molar-refractivity contribution in [1.29, 1.82) is 0 Å². The van der Waals surface area contributed by atoms with Crippen LogP contribution >= 0.6 is 46.4 Å². The maximum atomic E-state index is 6.15. The first-order valence-electron chi connectivity index (χ1n) is 5.07. The van der Waals surface area contributed by atoms with Crippen molar-refractivity contribution in [1.82, 2.24) is 0 Å². The molecule has 0 saturated carbocycles. The first-order valence-corrected chi connectivity index (χ1v) is 6.58. The van der Waals surface area contributed by atoms with Crippen LogP contribution in [0.1, 0.15) is 0 Å². The van der Waals surface area contributed by atoms with E-state index in [1.807, 2.05) is 12.1 Å². The Balaban J connectivity index is 2.59. The molecule has 0 fully saturated rings. The van der Waals surface area contributed by atoms with E-state index < -0.39 is 0 Å². The molecule has 3 aromatic carbocycles. The first-order chi connectivity index (χ1) is 8.58. The van der Waals surface area contributed by atoms with E-state index in [1.165, 1.54) is 0 Å². The molecule has 0 heterocycles. The van der Waals surface area contributed by atoms with Gasteiger partial charge in [0, 0.05) is 43.7 Å². The molecule has 2 radical (unpaired) electrons. The van der Waals surface area contributed by atoms with Crippen molar-refractivity contribution in [2.75, 3.05) is 0 Å². The van der Waals surface area contributed by atoms with Gasteiger partial charge < -0.3 is 0 Å². The number of benzene rings is 3. The Kier molecular flexibility index (Phi) is 3.07. The van der Waals surface area contributed by atoms with Crippen molar-refractivity contribution in [3.05, 3.63) is 56.5 Å². The van der Waals surface area contributed by atoms with Crippen LogP contribution in [0.4, 0.5) is 0 Å². The number of hydrogen-bond donors (Lipinski definition) is 0. The Hall–Kier alpha value is -0.660. The molecule has 0 amide bonds. The lowest BCUT2D eigenvalue weighted by atomic mass is 10.0. The van der Waals surface area contributed by atoms with Gasteiger partial charge in [0.2, 0.25) is 0 Å². The van der Waals surface area contributed by atoms with Gasteiger partial charge in [-0.25, -0.2) is 0 Å². The summed E-state index contributed by atoms with van der Waals surface area (Å²) in [6.45, 7) is 0. The highest BCUT2D eigenvalue weighted by Crippen LogP contribution is 2.37. The van der Waals surface area contributed by atoms with Crippen LogP contribution in [0.15, 0.2) is 24.3 Å². The van der Waals surface area contributed by atoms with Gasteiger partial charge >= 0.3 is 0 Å². The Morgan fingerprint density at radius 2 is 1.00 bits per heavy atom. The van der Waals surface area contributed by atoms with Crippen LogP contribution in [-0.2, 0) is 0 Å². The molecule has 0 saturated heterocycles. The molecule has 0 spiro atoms. The fourth-order valence-corrected chi connectivity index (χ4v) is 2.77. The third kappa shape index (κ3) is 1.85. The highest BCUT2D eigenvalue weighted by atomic mass is 35.5. The van der Waals surface area contributed by atoms with Gasteiger partial charge in [0.05, 0.1) is 10.0 Å². The second-order valence-corrected chi connectivity index (χ2v) is 5.41. The summed E-state index contributed by atoms with van der Waals surface area (Å²) in [5.41, 5.74) is 0. The number of hydrogen-bond acceptors (Lipinski definition) is 0. The molecule has 0 atom stereocenters. The van der Waals surface area contributed by atoms with Gasteiger partial charge in [0.1, 0.15) is 0 Å². The second kappa shape index (κ2) is 4.47. The van der Waals surface area contributed by atoms with Crippen molar-refractivity contribution in [2.24, 2.45) is 0 Å². The molecule has 3 aromatic rings. The average molecular weight is 314 g/mol. The summed E-state index contributed by atoms with van der Waals surface area (Å²) in [5, 5.41) is 5.44. The van der Waals surface area contributed by atoms with Gasteiger partial charge in [-0.3, -0.25) is 0 Å². The highest BCUT2D eigenvalue weighted by molar-refractivity contribution is 6.43. The van der Waals surface area contributed by atoms with Gasteiger partial charge in [0.15, 0.2) is 0 Å². The topological polar surface area (TPSA) is 0 Å². The monoisotopic (exact) mass is 312 g/mol. The number of rotatable bonds is 0. The van der Waals surface area contributed by atoms with E-state index in [0.717, 1.165) is 21.5 Å². The summed E-state index contributed by atoms with van der Waals surface area (Å²) in [5.74, 6) is 0. The maximum Gasteiger partial charge on any atom is 0.0564 e. The third-order valence-electron chi connectivity index (χ3n) is 2.80. The molecule has 0 nitrogen and oxygen atoms in total. The van der Waals surface area contributed by atoms with Gasteiger partial charge in [-0.05, 0) is 24.3 Å². The van der Waals surface area contributed by atoms with Crippen LogP contribution in [0.2, 0.25) is 20.1 Å². The standard InChI is InChI=1S/C14H4Cl4/c15-11-1-2-12(16)8-6-10-9(5-7(8)11)13(17)3-4-14(10)18/h1,4-6H. The summed E-state index contributed by atoms with van der Waals surface area (Å²) in [4.78, 5) is 0. The maximum absolute atomic E-state index is 6.15. The quantitative estimate of drug-likeness (QED) is 0.433. The van der Waals surface area contributed by atoms with Crippen molar-refractivity contribution in [2.45, 2.75) is 0 Å². The van der Waals surface area contributed by atoms with Crippen LogP contribution in [0.3, 0.4) is 0 Å². The molecule has 0 aliphatic heterocycles. The summed E-state index contributed by atoms with van der Waals surface area (Å²) in [6.07, 6.45) is 0. The lowest BCUT2D eigenvalue weighted by molar-refractivity contribution is 1.74. The Labute approximate surface area is 124 Å². The first kappa shape index (κ1) is 12.4. The fourth-order valence-electron chi connectivity index (χ4n) is 1.92. The van der Waals surface area contributed by atoms with Gasteiger partial charge in [-0.1, -0.05) is 46.4 Å². The third-order valence-corrected chi connectivity index (χ3v) is 4.05. The summed E-state index contributed by atoms with van der Waals surface area (Å²) >= 11 is 24.5. The largest absolute Gasteiger partial charge is 0.0836 e. The van der Waals surface area contributed by atoms with Crippen molar-refractivity contribution in [3.63, 3.8) is 0 Å². The summed E-state index contributed by atoms with van der Waals surface area (Å²) in [6, 6.07) is 12.8. The zero-order chi connectivity index (χ0) is 12.9. The van der Waals surface area contributed by atoms with Crippen LogP contribution in [0, 0.1) is 12.1 Å². The molecule has 0 aromatic heterocycles. The minimum Gasteiger partial charge on any atom is -0.0836 e. The summed E-state index contributed by atoms with van der Waals surface area (Å²) < 4.78 is 0. The molecular weight excluding hydrogens is 310 g/mol. The average Bonchev–Trinajstić information content (AvgIpc) is 2.37. The van der Waals surface area contributed by atoms with Crippen LogP contribution in [0.5, 0.6) is 0 Å². The molecule has 0 aliphatic carbocycles. The predicted molar refractivity (Wildman–Crippen MR) is 79.2 cm³/mol. The lowest BCUT2D eigenvalue weighted by Gasteiger charge is -2.08. The number of fused-ring (bicyclic) bond motifs is 2. The van der Waals surface area contributed by atoms with Crippen LogP contribution in [-0.4, -0.2) is 0 Å². The Morgan fingerprint density at radius 3 is 1.39 bits per heavy atom. The Morgan fingerprint density at radius 1 is 0.611 bits per heavy atom. The van der Waals surface area contributed by atoms with Crippen molar-refractivity contribution in [3.8, 4) is 0 Å². The van der Waals surface area contributed by atoms with Crippen LogP contribution < -0.4 is 0 Å². The summed E-state index contributed by atoms with van der Waals surface area (Å²) in [7, 11) is 0. The molecule has 0 bridgehead atoms. The zero-order valence-corrected chi connectivity index (χ0v) is 11.8. The van der Waals surface area contributed by atoms with E-state index >= 15 is 0 Å². The molecule has 4 heteroatoms. The van der Waals surface area contributed by atoms with E-state index in [1.54, 1.807) is 12.1 Å². The predicted octanol–water partition coefficient (Wildman–Crippen LogP) is 6.21. The number of halogens is 4. The molecule has 0 unspecified atom stereocenters. The van der Waals surface area contributed by atoms with E-state index in [0.29, 0.717) is 20.1 Å². The van der Waals surface area contributed by atoms with Crippen molar-refractivity contribution >= 4 is 67.9 Å². The van der Waals surface area contributed by atoms with Gasteiger partial charge in [-0.15, -0.1) is 0 Å².